The molecular weight excluding hydrogens is 236 g/mol. The van der Waals surface area contributed by atoms with Gasteiger partial charge in [0.15, 0.2) is 0 Å². The third kappa shape index (κ3) is 3.12. The van der Waals surface area contributed by atoms with Gasteiger partial charge < -0.3 is 15.8 Å². The van der Waals surface area contributed by atoms with Gasteiger partial charge in [-0.2, -0.15) is 0 Å². The number of hydrogen-bond acceptors (Lipinski definition) is 3. The van der Waals surface area contributed by atoms with Crippen molar-refractivity contribution < 1.29 is 4.74 Å². The van der Waals surface area contributed by atoms with Crippen LogP contribution in [-0.2, 0) is 0 Å². The number of para-hydroxylation sites is 1. The molecule has 1 aromatic carbocycles. The minimum atomic E-state index is 0.331. The van der Waals surface area contributed by atoms with Crippen molar-refractivity contribution in [1.29, 1.82) is 0 Å². The summed E-state index contributed by atoms with van der Waals surface area (Å²) in [6.07, 6.45) is 3.12. The van der Waals surface area contributed by atoms with Crippen LogP contribution in [-0.4, -0.2) is 19.7 Å². The minimum Gasteiger partial charge on any atom is -0.492 e. The highest BCUT2D eigenvalue weighted by Crippen LogP contribution is 2.36. The summed E-state index contributed by atoms with van der Waals surface area (Å²) in [7, 11) is 0. The van der Waals surface area contributed by atoms with Crippen molar-refractivity contribution in [2.45, 2.75) is 25.3 Å². The lowest BCUT2D eigenvalue weighted by Crippen LogP contribution is -2.23. The zero-order valence-electron chi connectivity index (χ0n) is 9.92. The molecule has 0 spiro atoms. The summed E-state index contributed by atoms with van der Waals surface area (Å²) in [6.45, 7) is 2.40. The molecule has 0 aromatic heterocycles. The zero-order chi connectivity index (χ0) is 12.1. The Labute approximate surface area is 107 Å². The maximum atomic E-state index is 6.17. The van der Waals surface area contributed by atoms with Crippen molar-refractivity contribution in [2.75, 3.05) is 19.7 Å². The lowest BCUT2D eigenvalue weighted by atomic mass is 10.0. The lowest BCUT2D eigenvalue weighted by molar-refractivity contribution is 0.315. The molecule has 3 N–H and O–H groups in total. The number of ether oxygens (including phenoxy) is 1. The van der Waals surface area contributed by atoms with E-state index in [4.69, 9.17) is 22.1 Å². The molecule has 0 saturated carbocycles. The highest BCUT2D eigenvalue weighted by atomic mass is 35.5. The fraction of sp³-hybridized carbons (Fsp3) is 0.538. The maximum absolute atomic E-state index is 6.17. The first kappa shape index (κ1) is 12.7. The predicted molar refractivity (Wildman–Crippen MR) is 70.6 cm³/mol. The Bertz CT molecular complexity index is 370. The van der Waals surface area contributed by atoms with E-state index in [1.807, 2.05) is 12.1 Å². The first-order valence-electron chi connectivity index (χ1n) is 6.17. The standard InChI is InChI=1S/C13H19ClN2O/c14-11-5-1-4-10-12(16-8-3-7-15)6-2-9-17-13(10)11/h1,4-5,12,16H,2-3,6-9,15H2. The lowest BCUT2D eigenvalue weighted by Gasteiger charge is -2.18. The van der Waals surface area contributed by atoms with E-state index in [0.29, 0.717) is 11.1 Å². The van der Waals surface area contributed by atoms with Crippen molar-refractivity contribution in [3.8, 4) is 5.75 Å². The second-order valence-electron chi connectivity index (χ2n) is 4.30. The fourth-order valence-corrected chi connectivity index (χ4v) is 2.40. The molecule has 2 rings (SSSR count). The summed E-state index contributed by atoms with van der Waals surface area (Å²) in [5, 5.41) is 4.23. The van der Waals surface area contributed by atoms with E-state index in [2.05, 4.69) is 11.4 Å². The molecule has 1 aliphatic heterocycles. The summed E-state index contributed by atoms with van der Waals surface area (Å²) >= 11 is 6.17. The molecule has 0 saturated heterocycles. The molecule has 0 amide bonds. The fourth-order valence-electron chi connectivity index (χ4n) is 2.16. The van der Waals surface area contributed by atoms with Gasteiger partial charge in [-0.25, -0.2) is 0 Å². The molecule has 0 aliphatic carbocycles. The quantitative estimate of drug-likeness (QED) is 0.812. The number of benzene rings is 1. The van der Waals surface area contributed by atoms with Gasteiger partial charge in [0, 0.05) is 11.6 Å². The van der Waals surface area contributed by atoms with Crippen LogP contribution in [0, 0.1) is 0 Å². The highest BCUT2D eigenvalue weighted by Gasteiger charge is 2.20. The van der Waals surface area contributed by atoms with Crippen molar-refractivity contribution >= 4 is 11.6 Å². The van der Waals surface area contributed by atoms with Crippen LogP contribution in [0.1, 0.15) is 30.9 Å². The molecule has 94 valence electrons. The highest BCUT2D eigenvalue weighted by molar-refractivity contribution is 6.32. The molecule has 4 heteroatoms. The zero-order valence-corrected chi connectivity index (χ0v) is 10.7. The first-order chi connectivity index (χ1) is 8.33. The summed E-state index contributed by atoms with van der Waals surface area (Å²) in [5.41, 5.74) is 6.68. The molecule has 1 unspecified atom stereocenters. The van der Waals surface area contributed by atoms with E-state index in [1.165, 1.54) is 5.56 Å². The summed E-state index contributed by atoms with van der Waals surface area (Å²) in [4.78, 5) is 0. The number of halogens is 1. The van der Waals surface area contributed by atoms with E-state index < -0.39 is 0 Å². The van der Waals surface area contributed by atoms with Crippen molar-refractivity contribution in [1.82, 2.24) is 5.32 Å². The van der Waals surface area contributed by atoms with E-state index in [-0.39, 0.29) is 0 Å². The van der Waals surface area contributed by atoms with E-state index in [9.17, 15) is 0 Å². The van der Waals surface area contributed by atoms with Crippen molar-refractivity contribution in [3.05, 3.63) is 28.8 Å². The van der Waals surface area contributed by atoms with Crippen molar-refractivity contribution in [2.24, 2.45) is 5.73 Å². The van der Waals surface area contributed by atoms with Crippen LogP contribution in [0.4, 0.5) is 0 Å². The monoisotopic (exact) mass is 254 g/mol. The molecule has 1 heterocycles. The molecule has 0 radical (unpaired) electrons. The second-order valence-corrected chi connectivity index (χ2v) is 4.71. The smallest absolute Gasteiger partial charge is 0.142 e. The number of nitrogens with two attached hydrogens (primary N) is 1. The third-order valence-corrected chi connectivity index (χ3v) is 3.33. The van der Waals surface area contributed by atoms with Gasteiger partial charge in [-0.05, 0) is 38.4 Å². The van der Waals surface area contributed by atoms with Gasteiger partial charge in [0.05, 0.1) is 11.6 Å². The van der Waals surface area contributed by atoms with Gasteiger partial charge in [0.25, 0.3) is 0 Å². The van der Waals surface area contributed by atoms with Crippen LogP contribution in [0.3, 0.4) is 0 Å². The van der Waals surface area contributed by atoms with Crippen LogP contribution in [0.15, 0.2) is 18.2 Å². The molecule has 1 aliphatic rings. The van der Waals surface area contributed by atoms with E-state index >= 15 is 0 Å². The molecule has 3 nitrogen and oxygen atoms in total. The SMILES string of the molecule is NCCCNC1CCCOc2c(Cl)cccc21. The van der Waals surface area contributed by atoms with Crippen LogP contribution >= 0.6 is 11.6 Å². The second kappa shape index (κ2) is 6.24. The largest absolute Gasteiger partial charge is 0.492 e. The van der Waals surface area contributed by atoms with Crippen molar-refractivity contribution in [3.63, 3.8) is 0 Å². The Kier molecular flexibility index (Phi) is 4.66. The maximum Gasteiger partial charge on any atom is 0.142 e. The Balaban J connectivity index is 2.15. The number of nitrogens with one attached hydrogen (secondary N) is 1. The molecule has 1 aromatic rings. The Morgan fingerprint density at radius 3 is 3.18 bits per heavy atom. The van der Waals surface area contributed by atoms with Crippen LogP contribution in [0.2, 0.25) is 5.02 Å². The van der Waals surface area contributed by atoms with E-state index in [0.717, 1.165) is 44.7 Å². The van der Waals surface area contributed by atoms with Gasteiger partial charge in [-0.15, -0.1) is 0 Å². The van der Waals surface area contributed by atoms with Crippen LogP contribution < -0.4 is 15.8 Å². The van der Waals surface area contributed by atoms with E-state index in [1.54, 1.807) is 0 Å². The average molecular weight is 255 g/mol. The Hall–Kier alpha value is -0.770. The van der Waals surface area contributed by atoms with Crippen LogP contribution in [0.5, 0.6) is 5.75 Å². The van der Waals surface area contributed by atoms with Gasteiger partial charge in [0.2, 0.25) is 0 Å². The number of hydrogen-bond donors (Lipinski definition) is 2. The van der Waals surface area contributed by atoms with Crippen LogP contribution in [0.25, 0.3) is 0 Å². The molecule has 17 heavy (non-hydrogen) atoms. The normalized spacial score (nSPS) is 19.3. The number of fused-ring (bicyclic) bond motifs is 1. The molecule has 0 fully saturated rings. The van der Waals surface area contributed by atoms with Gasteiger partial charge in [-0.1, -0.05) is 23.7 Å². The summed E-state index contributed by atoms with van der Waals surface area (Å²) in [5.74, 6) is 0.844. The summed E-state index contributed by atoms with van der Waals surface area (Å²) < 4.78 is 5.72. The molecule has 1 atom stereocenters. The number of rotatable bonds is 4. The van der Waals surface area contributed by atoms with Gasteiger partial charge in [-0.3, -0.25) is 0 Å². The summed E-state index contributed by atoms with van der Waals surface area (Å²) in [6, 6.07) is 6.28. The average Bonchev–Trinajstić information content (AvgIpc) is 2.54. The molecular formula is C13H19ClN2O. The Morgan fingerprint density at radius 1 is 1.47 bits per heavy atom. The Morgan fingerprint density at radius 2 is 2.35 bits per heavy atom. The first-order valence-corrected chi connectivity index (χ1v) is 6.55. The van der Waals surface area contributed by atoms with Gasteiger partial charge in [0.1, 0.15) is 5.75 Å². The minimum absolute atomic E-state index is 0.331. The molecule has 0 bridgehead atoms. The van der Waals surface area contributed by atoms with Gasteiger partial charge >= 0.3 is 0 Å². The third-order valence-electron chi connectivity index (χ3n) is 3.03. The predicted octanol–water partition coefficient (Wildman–Crippen LogP) is 2.49. The topological polar surface area (TPSA) is 47.3 Å².